The first-order chi connectivity index (χ1) is 7.25. The van der Waals surface area contributed by atoms with E-state index in [-0.39, 0.29) is 5.69 Å². The lowest BCUT2D eigenvalue weighted by Gasteiger charge is -2.25. The zero-order valence-corrected chi connectivity index (χ0v) is 8.35. The Morgan fingerprint density at radius 3 is 3.00 bits per heavy atom. The number of carbonyl (C=O) groups is 1. The second-order valence-electron chi connectivity index (χ2n) is 3.79. The summed E-state index contributed by atoms with van der Waals surface area (Å²) in [5.74, 6) is 0.213. The van der Waals surface area contributed by atoms with Gasteiger partial charge in [-0.1, -0.05) is 6.42 Å². The molecule has 1 aromatic heterocycles. The highest BCUT2D eigenvalue weighted by atomic mass is 16.5. The molecule has 0 atom stereocenters. The van der Waals surface area contributed by atoms with E-state index in [1.54, 1.807) is 6.07 Å². The van der Waals surface area contributed by atoms with Gasteiger partial charge in [0.05, 0.1) is 6.61 Å². The Kier molecular flexibility index (Phi) is 2.85. The van der Waals surface area contributed by atoms with E-state index in [2.05, 4.69) is 4.98 Å². The van der Waals surface area contributed by atoms with Crippen molar-refractivity contribution in [3.05, 3.63) is 24.0 Å². The number of pyridine rings is 1. The number of nitrogens with zero attached hydrogens (tertiary/aromatic N) is 1. The summed E-state index contributed by atoms with van der Waals surface area (Å²) in [6.07, 6.45) is 5.18. The smallest absolute Gasteiger partial charge is 0.354 e. The number of rotatable bonds is 4. The summed E-state index contributed by atoms with van der Waals surface area (Å²) in [6, 6.07) is 3.14. The molecular weight excluding hydrogens is 194 g/mol. The maximum absolute atomic E-state index is 10.6. The molecule has 2 rings (SSSR count). The zero-order chi connectivity index (χ0) is 10.7. The van der Waals surface area contributed by atoms with Crippen LogP contribution in [0.1, 0.15) is 29.8 Å². The Hall–Kier alpha value is -1.58. The van der Waals surface area contributed by atoms with Crippen LogP contribution in [0.2, 0.25) is 0 Å². The molecular formula is C11H13NO3. The van der Waals surface area contributed by atoms with E-state index in [0.29, 0.717) is 18.3 Å². The summed E-state index contributed by atoms with van der Waals surface area (Å²) in [4.78, 5) is 14.4. The van der Waals surface area contributed by atoms with Crippen molar-refractivity contribution in [2.24, 2.45) is 5.92 Å². The van der Waals surface area contributed by atoms with Gasteiger partial charge in [-0.15, -0.1) is 0 Å². The maximum atomic E-state index is 10.6. The topological polar surface area (TPSA) is 59.4 Å². The van der Waals surface area contributed by atoms with E-state index in [1.165, 1.54) is 31.5 Å². The number of carboxylic acids is 1. The van der Waals surface area contributed by atoms with Crippen molar-refractivity contribution in [1.82, 2.24) is 4.98 Å². The van der Waals surface area contributed by atoms with E-state index in [0.717, 1.165) is 0 Å². The fourth-order valence-electron chi connectivity index (χ4n) is 1.49. The first-order valence-electron chi connectivity index (χ1n) is 5.08. The van der Waals surface area contributed by atoms with Crippen LogP contribution >= 0.6 is 0 Å². The molecule has 0 radical (unpaired) electrons. The number of hydrogen-bond acceptors (Lipinski definition) is 3. The highest BCUT2D eigenvalue weighted by Crippen LogP contribution is 2.27. The summed E-state index contributed by atoms with van der Waals surface area (Å²) >= 11 is 0. The Morgan fingerprint density at radius 1 is 1.60 bits per heavy atom. The number of aromatic carboxylic acids is 1. The van der Waals surface area contributed by atoms with Crippen LogP contribution in [0.25, 0.3) is 0 Å². The standard InChI is InChI=1S/C11H13NO3/c13-11(14)10-6-9(4-5-12-10)15-7-8-2-1-3-8/h4-6,8H,1-3,7H2,(H,13,14). The molecule has 0 bridgehead atoms. The van der Waals surface area contributed by atoms with Gasteiger partial charge >= 0.3 is 5.97 Å². The van der Waals surface area contributed by atoms with Crippen molar-refractivity contribution in [1.29, 1.82) is 0 Å². The van der Waals surface area contributed by atoms with E-state index in [1.807, 2.05) is 0 Å². The quantitative estimate of drug-likeness (QED) is 0.819. The Balaban J connectivity index is 1.94. The van der Waals surface area contributed by atoms with Crippen LogP contribution in [0.3, 0.4) is 0 Å². The van der Waals surface area contributed by atoms with E-state index >= 15 is 0 Å². The molecule has 4 nitrogen and oxygen atoms in total. The van der Waals surface area contributed by atoms with Crippen LogP contribution in [-0.2, 0) is 0 Å². The lowest BCUT2D eigenvalue weighted by molar-refractivity contribution is 0.0689. The largest absolute Gasteiger partial charge is 0.493 e. The summed E-state index contributed by atoms with van der Waals surface area (Å²) < 4.78 is 5.50. The minimum absolute atomic E-state index is 0.0288. The third-order valence-corrected chi connectivity index (χ3v) is 2.66. The fourth-order valence-corrected chi connectivity index (χ4v) is 1.49. The number of aromatic nitrogens is 1. The molecule has 1 aliphatic rings. The monoisotopic (exact) mass is 207 g/mol. The van der Waals surface area contributed by atoms with Gasteiger partial charge in [0.25, 0.3) is 0 Å². The van der Waals surface area contributed by atoms with Crippen LogP contribution < -0.4 is 4.74 Å². The van der Waals surface area contributed by atoms with E-state index < -0.39 is 5.97 Å². The molecule has 0 spiro atoms. The van der Waals surface area contributed by atoms with Crippen molar-refractivity contribution in [2.75, 3.05) is 6.61 Å². The van der Waals surface area contributed by atoms with Gasteiger partial charge in [-0.25, -0.2) is 9.78 Å². The number of carboxylic acid groups (broad SMARTS) is 1. The van der Waals surface area contributed by atoms with Crippen molar-refractivity contribution >= 4 is 5.97 Å². The second kappa shape index (κ2) is 4.29. The molecule has 15 heavy (non-hydrogen) atoms. The molecule has 0 unspecified atom stereocenters. The summed E-state index contributed by atoms with van der Waals surface area (Å²) in [6.45, 7) is 0.684. The van der Waals surface area contributed by atoms with Gasteiger partial charge in [-0.2, -0.15) is 0 Å². The van der Waals surface area contributed by atoms with Crippen LogP contribution in [0, 0.1) is 5.92 Å². The summed E-state index contributed by atoms with van der Waals surface area (Å²) in [5.41, 5.74) is 0.0288. The molecule has 80 valence electrons. The molecule has 1 heterocycles. The van der Waals surface area contributed by atoms with Crippen LogP contribution in [0.15, 0.2) is 18.3 Å². The van der Waals surface area contributed by atoms with E-state index in [9.17, 15) is 4.79 Å². The normalized spacial score (nSPS) is 15.7. The van der Waals surface area contributed by atoms with Gasteiger partial charge in [0.1, 0.15) is 5.75 Å². The first-order valence-corrected chi connectivity index (χ1v) is 5.08. The first kappa shape index (κ1) is 9.96. The maximum Gasteiger partial charge on any atom is 0.354 e. The SMILES string of the molecule is O=C(O)c1cc(OCC2CCC2)ccn1. The van der Waals surface area contributed by atoms with Crippen molar-refractivity contribution in [3.63, 3.8) is 0 Å². The van der Waals surface area contributed by atoms with Crippen molar-refractivity contribution in [3.8, 4) is 5.75 Å². The zero-order valence-electron chi connectivity index (χ0n) is 8.35. The molecule has 1 saturated carbocycles. The lowest BCUT2D eigenvalue weighted by Crippen LogP contribution is -2.19. The van der Waals surface area contributed by atoms with Crippen LogP contribution in [0.5, 0.6) is 5.75 Å². The Bertz CT molecular complexity index is 361. The molecule has 0 aromatic carbocycles. The fraction of sp³-hybridized carbons (Fsp3) is 0.455. The average molecular weight is 207 g/mol. The summed E-state index contributed by atoms with van der Waals surface area (Å²) in [7, 11) is 0. The van der Waals surface area contributed by atoms with Gasteiger partial charge in [-0.3, -0.25) is 0 Å². The van der Waals surface area contributed by atoms with Gasteiger partial charge in [-0.05, 0) is 24.8 Å². The predicted octanol–water partition coefficient (Wildman–Crippen LogP) is 1.96. The molecule has 1 N–H and O–H groups in total. The molecule has 1 aliphatic carbocycles. The minimum Gasteiger partial charge on any atom is -0.493 e. The third-order valence-electron chi connectivity index (χ3n) is 2.66. The van der Waals surface area contributed by atoms with Gasteiger partial charge < -0.3 is 9.84 Å². The summed E-state index contributed by atoms with van der Waals surface area (Å²) in [5, 5.41) is 8.73. The average Bonchev–Trinajstić information content (AvgIpc) is 2.16. The van der Waals surface area contributed by atoms with Crippen LogP contribution in [-0.4, -0.2) is 22.7 Å². The Labute approximate surface area is 87.9 Å². The highest BCUT2D eigenvalue weighted by molar-refractivity contribution is 5.85. The Morgan fingerprint density at radius 2 is 2.40 bits per heavy atom. The molecule has 0 aliphatic heterocycles. The third kappa shape index (κ3) is 2.46. The van der Waals surface area contributed by atoms with Crippen molar-refractivity contribution < 1.29 is 14.6 Å². The molecule has 1 fully saturated rings. The van der Waals surface area contributed by atoms with E-state index in [4.69, 9.17) is 9.84 Å². The minimum atomic E-state index is -1.02. The predicted molar refractivity (Wildman–Crippen MR) is 54.0 cm³/mol. The number of ether oxygens (including phenoxy) is 1. The molecule has 0 amide bonds. The molecule has 1 aromatic rings. The van der Waals surface area contributed by atoms with Crippen molar-refractivity contribution in [2.45, 2.75) is 19.3 Å². The number of hydrogen-bond donors (Lipinski definition) is 1. The highest BCUT2D eigenvalue weighted by Gasteiger charge is 2.18. The second-order valence-corrected chi connectivity index (χ2v) is 3.79. The van der Waals surface area contributed by atoms with Gasteiger partial charge in [0, 0.05) is 12.3 Å². The van der Waals surface area contributed by atoms with Gasteiger partial charge in [0.15, 0.2) is 5.69 Å². The molecule has 4 heteroatoms. The van der Waals surface area contributed by atoms with Gasteiger partial charge in [0.2, 0.25) is 0 Å². The van der Waals surface area contributed by atoms with Crippen LogP contribution in [0.4, 0.5) is 0 Å². The lowest BCUT2D eigenvalue weighted by atomic mass is 9.86. The molecule has 0 saturated heterocycles.